The maximum atomic E-state index is 13.5. The van der Waals surface area contributed by atoms with Crippen molar-refractivity contribution in [2.24, 2.45) is 11.8 Å². The number of hydrogen-bond acceptors (Lipinski definition) is 7. The number of aromatic nitrogens is 3. The minimum Gasteiger partial charge on any atom is -0.480 e. The van der Waals surface area contributed by atoms with Crippen molar-refractivity contribution in [3.05, 3.63) is 76.2 Å². The van der Waals surface area contributed by atoms with Crippen LogP contribution in [-0.4, -0.2) is 43.0 Å². The van der Waals surface area contributed by atoms with Gasteiger partial charge >= 0.3 is 0 Å². The maximum Gasteiger partial charge on any atom is 0.263 e. The number of methoxy groups -OCH3 is 1. The molecule has 2 aromatic heterocycles. The fourth-order valence-electron chi connectivity index (χ4n) is 4.16. The molecule has 0 aliphatic carbocycles. The highest BCUT2D eigenvalue weighted by atomic mass is 35.5. The van der Waals surface area contributed by atoms with E-state index in [9.17, 15) is 22.4 Å². The molecule has 0 fully saturated rings. The van der Waals surface area contributed by atoms with E-state index in [-0.39, 0.29) is 44.8 Å². The molecule has 2 atom stereocenters. The van der Waals surface area contributed by atoms with Crippen molar-refractivity contribution in [1.82, 2.24) is 19.9 Å². The number of sulfonamides is 1. The Morgan fingerprint density at radius 1 is 1.12 bits per heavy atom. The third-order valence-corrected chi connectivity index (χ3v) is 8.48. The molecule has 2 N–H and O–H groups in total. The Bertz CT molecular complexity index is 1760. The van der Waals surface area contributed by atoms with Crippen LogP contribution in [0.2, 0.25) is 5.02 Å². The van der Waals surface area contributed by atoms with E-state index in [1.165, 1.54) is 30.3 Å². The Balaban J connectivity index is 1.71. The van der Waals surface area contributed by atoms with Gasteiger partial charge < -0.3 is 10.1 Å². The summed E-state index contributed by atoms with van der Waals surface area (Å²) < 4.78 is 48.6. The van der Waals surface area contributed by atoms with Crippen LogP contribution in [0.25, 0.3) is 22.0 Å². The van der Waals surface area contributed by atoms with Crippen molar-refractivity contribution in [1.29, 1.82) is 0 Å². The van der Waals surface area contributed by atoms with Gasteiger partial charge in [0.2, 0.25) is 11.8 Å². The summed E-state index contributed by atoms with van der Waals surface area (Å²) in [5, 5.41) is 2.68. The lowest BCUT2D eigenvalue weighted by Gasteiger charge is -2.19. The van der Waals surface area contributed by atoms with E-state index in [1.54, 1.807) is 32.2 Å². The highest BCUT2D eigenvalue weighted by Gasteiger charge is 2.22. The predicted octanol–water partition coefficient (Wildman–Crippen LogP) is 4.08. The van der Waals surface area contributed by atoms with Crippen LogP contribution in [0.3, 0.4) is 0 Å². The van der Waals surface area contributed by atoms with Crippen molar-refractivity contribution in [2.75, 3.05) is 18.9 Å². The summed E-state index contributed by atoms with van der Waals surface area (Å²) in [5.41, 5.74) is 1.27. The molecule has 4 aromatic rings. The smallest absolute Gasteiger partial charge is 0.263 e. The first-order chi connectivity index (χ1) is 18.9. The van der Waals surface area contributed by atoms with Gasteiger partial charge in [-0.15, -0.1) is 0 Å². The fraction of sp³-hybridized carbons (Fsp3) is 0.259. The van der Waals surface area contributed by atoms with E-state index in [0.29, 0.717) is 28.6 Å². The number of rotatable bonds is 9. The normalized spacial score (nSPS) is 13.1. The second-order valence-corrected chi connectivity index (χ2v) is 11.3. The number of anilines is 1. The molecule has 2 aromatic carbocycles. The van der Waals surface area contributed by atoms with Gasteiger partial charge in [-0.1, -0.05) is 31.5 Å². The van der Waals surface area contributed by atoms with Crippen LogP contribution in [0.15, 0.2) is 64.7 Å². The number of pyridine rings is 1. The molecule has 2 unspecified atom stereocenters. The third kappa shape index (κ3) is 5.92. The summed E-state index contributed by atoms with van der Waals surface area (Å²) in [6, 6.07) is 9.51. The zero-order valence-corrected chi connectivity index (χ0v) is 23.7. The number of halogens is 2. The van der Waals surface area contributed by atoms with E-state index in [2.05, 4.69) is 20.0 Å². The van der Waals surface area contributed by atoms with Gasteiger partial charge in [-0.25, -0.2) is 22.8 Å². The number of amides is 1. The Morgan fingerprint density at radius 3 is 2.55 bits per heavy atom. The largest absolute Gasteiger partial charge is 0.480 e. The van der Waals surface area contributed by atoms with E-state index >= 15 is 0 Å². The number of carbonyl (C=O) groups is 1. The average Bonchev–Trinajstić information content (AvgIpc) is 2.93. The van der Waals surface area contributed by atoms with Crippen LogP contribution >= 0.6 is 11.6 Å². The molecule has 4 rings (SSSR count). The topological polar surface area (TPSA) is 132 Å². The first kappa shape index (κ1) is 29.0. The van der Waals surface area contributed by atoms with E-state index < -0.39 is 15.8 Å². The fourth-order valence-corrected chi connectivity index (χ4v) is 5.74. The standard InChI is InChI=1S/C27H27ClFN5O5S/c1-15(16(2)25(35)30-3)13-34-14-32-22-7-5-17(9-20(22)27(34)36)18-10-23(26(39-4)31-12-18)33-40(37,38)24-8-6-19(29)11-21(24)28/h5-12,14-16,33H,13H2,1-4H3,(H,30,35). The maximum absolute atomic E-state index is 13.5. The Morgan fingerprint density at radius 2 is 1.88 bits per heavy atom. The quantitative estimate of drug-likeness (QED) is 0.301. The number of hydrogen-bond donors (Lipinski definition) is 2. The summed E-state index contributed by atoms with van der Waals surface area (Å²) in [5.74, 6) is -1.23. The molecule has 0 saturated carbocycles. The summed E-state index contributed by atoms with van der Waals surface area (Å²) in [6.07, 6.45) is 2.94. The average molecular weight is 588 g/mol. The Labute approximate surface area is 235 Å². The predicted molar refractivity (Wildman–Crippen MR) is 150 cm³/mol. The minimum atomic E-state index is -4.23. The molecular formula is C27H27ClFN5O5S. The molecule has 0 radical (unpaired) electrons. The van der Waals surface area contributed by atoms with Gasteiger partial charge in [0, 0.05) is 31.3 Å². The van der Waals surface area contributed by atoms with Gasteiger partial charge in [-0.2, -0.15) is 0 Å². The van der Waals surface area contributed by atoms with E-state index in [0.717, 1.165) is 18.2 Å². The highest BCUT2D eigenvalue weighted by Crippen LogP contribution is 2.32. The molecule has 0 bridgehead atoms. The van der Waals surface area contributed by atoms with Crippen molar-refractivity contribution in [3.63, 3.8) is 0 Å². The number of nitrogens with one attached hydrogen (secondary N) is 2. The number of carbonyl (C=O) groups excluding carboxylic acids is 1. The first-order valence-corrected chi connectivity index (χ1v) is 14.0. The summed E-state index contributed by atoms with van der Waals surface area (Å²) in [6.45, 7) is 3.98. The number of benzene rings is 2. The van der Waals surface area contributed by atoms with Gasteiger partial charge in [-0.05, 0) is 47.9 Å². The molecule has 10 nitrogen and oxygen atoms in total. The van der Waals surface area contributed by atoms with Crippen LogP contribution in [0, 0.1) is 17.7 Å². The molecule has 0 saturated heterocycles. The monoisotopic (exact) mass is 587 g/mol. The molecule has 13 heteroatoms. The number of ether oxygens (including phenoxy) is 1. The lowest BCUT2D eigenvalue weighted by Crippen LogP contribution is -2.33. The molecule has 2 heterocycles. The molecular weight excluding hydrogens is 561 g/mol. The van der Waals surface area contributed by atoms with E-state index in [1.807, 2.05) is 6.92 Å². The summed E-state index contributed by atoms with van der Waals surface area (Å²) >= 11 is 5.97. The molecule has 0 aliphatic rings. The van der Waals surface area contributed by atoms with Gasteiger partial charge in [0.1, 0.15) is 16.4 Å². The van der Waals surface area contributed by atoms with Crippen molar-refractivity contribution >= 4 is 44.1 Å². The van der Waals surface area contributed by atoms with Crippen molar-refractivity contribution < 1.29 is 22.3 Å². The number of fused-ring (bicyclic) bond motifs is 1. The van der Waals surface area contributed by atoms with Crippen molar-refractivity contribution in [3.8, 4) is 17.0 Å². The van der Waals surface area contributed by atoms with Crippen LogP contribution < -0.4 is 20.3 Å². The Kier molecular flexibility index (Phi) is 8.40. The lowest BCUT2D eigenvalue weighted by molar-refractivity contribution is -0.125. The van der Waals surface area contributed by atoms with Crippen molar-refractivity contribution in [2.45, 2.75) is 25.3 Å². The van der Waals surface area contributed by atoms with Crippen LogP contribution in [0.5, 0.6) is 5.88 Å². The first-order valence-electron chi connectivity index (χ1n) is 12.2. The molecule has 40 heavy (non-hydrogen) atoms. The zero-order valence-electron chi connectivity index (χ0n) is 22.1. The molecule has 0 aliphatic heterocycles. The van der Waals surface area contributed by atoms with Crippen LogP contribution in [-0.2, 0) is 21.4 Å². The second-order valence-electron chi connectivity index (χ2n) is 9.28. The molecule has 210 valence electrons. The van der Waals surface area contributed by atoms with Crippen LogP contribution in [0.1, 0.15) is 13.8 Å². The second kappa shape index (κ2) is 11.6. The van der Waals surface area contributed by atoms with E-state index in [4.69, 9.17) is 16.3 Å². The molecule has 1 amide bonds. The lowest BCUT2D eigenvalue weighted by atomic mass is 9.95. The third-order valence-electron chi connectivity index (χ3n) is 6.63. The molecule has 0 spiro atoms. The zero-order chi connectivity index (χ0) is 29.2. The van der Waals surface area contributed by atoms with Gasteiger partial charge in [0.25, 0.3) is 15.6 Å². The SMILES string of the molecule is CNC(=O)C(C)C(C)Cn1cnc2ccc(-c3cnc(OC)c(NS(=O)(=O)c4ccc(F)cc4Cl)c3)cc2c1=O. The summed E-state index contributed by atoms with van der Waals surface area (Å²) in [4.78, 5) is 33.6. The van der Waals surface area contributed by atoms with Crippen LogP contribution in [0.4, 0.5) is 10.1 Å². The van der Waals surface area contributed by atoms with Gasteiger partial charge in [-0.3, -0.25) is 18.9 Å². The number of nitrogens with zero attached hydrogens (tertiary/aromatic N) is 3. The minimum absolute atomic E-state index is 0.00501. The summed E-state index contributed by atoms with van der Waals surface area (Å²) in [7, 11) is -1.32. The highest BCUT2D eigenvalue weighted by molar-refractivity contribution is 7.92. The van der Waals surface area contributed by atoms with Gasteiger partial charge in [0.15, 0.2) is 0 Å². The van der Waals surface area contributed by atoms with Gasteiger partial charge in [0.05, 0.1) is 29.4 Å². The Hall–Kier alpha value is -4.03.